The number of anilines is 1. The van der Waals surface area contributed by atoms with Crippen LogP contribution in [-0.2, 0) is 10.0 Å². The minimum Gasteiger partial charge on any atom is -0.396 e. The number of hydrogen-bond acceptors (Lipinski definition) is 4. The highest BCUT2D eigenvalue weighted by molar-refractivity contribution is 7.89. The van der Waals surface area contributed by atoms with Gasteiger partial charge in [0.25, 0.3) is 0 Å². The van der Waals surface area contributed by atoms with Crippen molar-refractivity contribution in [2.45, 2.75) is 24.8 Å². The predicted molar refractivity (Wildman–Crippen MR) is 66.8 cm³/mol. The van der Waals surface area contributed by atoms with Crippen LogP contribution >= 0.6 is 0 Å². The molecule has 0 amide bonds. The summed E-state index contributed by atoms with van der Waals surface area (Å²) >= 11 is 0. The third kappa shape index (κ3) is 3.62. The highest BCUT2D eigenvalue weighted by Crippen LogP contribution is 2.21. The summed E-state index contributed by atoms with van der Waals surface area (Å²) in [6.07, 6.45) is 0. The fourth-order valence-corrected chi connectivity index (χ4v) is 2.87. The van der Waals surface area contributed by atoms with E-state index in [2.05, 4.69) is 4.72 Å². The molecule has 0 heterocycles. The van der Waals surface area contributed by atoms with Crippen LogP contribution in [0.25, 0.3) is 0 Å². The Morgan fingerprint density at radius 3 is 2.37 bits per heavy atom. The van der Waals surface area contributed by atoms with Crippen LogP contribution in [-0.4, -0.2) is 26.2 Å². The van der Waals surface area contributed by atoms with Gasteiger partial charge < -0.3 is 10.8 Å². The predicted octanol–water partition coefficient (Wildman–Crippen LogP) is 0.842. The van der Waals surface area contributed by atoms with Gasteiger partial charge in [-0.25, -0.2) is 21.9 Å². The van der Waals surface area contributed by atoms with Crippen molar-refractivity contribution in [2.24, 2.45) is 5.92 Å². The number of hydrogen-bond donors (Lipinski definition) is 3. The van der Waals surface area contributed by atoms with Crippen LogP contribution in [0.3, 0.4) is 0 Å². The minimum atomic E-state index is -4.22. The van der Waals surface area contributed by atoms with Gasteiger partial charge in [0, 0.05) is 12.1 Å². The van der Waals surface area contributed by atoms with E-state index >= 15 is 0 Å². The van der Waals surface area contributed by atoms with Gasteiger partial charge in [0.15, 0.2) is 0 Å². The number of sulfonamides is 1. The van der Waals surface area contributed by atoms with E-state index < -0.39 is 44.9 Å². The van der Waals surface area contributed by atoms with Gasteiger partial charge in [0.1, 0.15) is 16.5 Å². The first kappa shape index (κ1) is 15.8. The first-order chi connectivity index (χ1) is 8.69. The lowest BCUT2D eigenvalue weighted by Gasteiger charge is -2.20. The van der Waals surface area contributed by atoms with E-state index in [1.165, 1.54) is 0 Å². The van der Waals surface area contributed by atoms with Crippen LogP contribution in [0.4, 0.5) is 14.5 Å². The molecule has 1 aromatic rings. The lowest BCUT2D eigenvalue weighted by molar-refractivity contribution is 0.227. The molecule has 0 bridgehead atoms. The number of halogens is 2. The van der Waals surface area contributed by atoms with Gasteiger partial charge in [0.05, 0.1) is 12.3 Å². The Bertz CT molecular complexity index is 561. The summed E-state index contributed by atoms with van der Waals surface area (Å²) in [4.78, 5) is -0.745. The molecule has 0 aliphatic carbocycles. The number of aliphatic hydroxyl groups is 1. The van der Waals surface area contributed by atoms with Crippen molar-refractivity contribution in [3.63, 3.8) is 0 Å². The maximum atomic E-state index is 13.5. The van der Waals surface area contributed by atoms with E-state index in [0.29, 0.717) is 12.1 Å². The quantitative estimate of drug-likeness (QED) is 0.702. The molecule has 1 atom stereocenters. The fraction of sp³-hybridized carbons (Fsp3) is 0.455. The van der Waals surface area contributed by atoms with Crippen molar-refractivity contribution in [3.05, 3.63) is 23.8 Å². The van der Waals surface area contributed by atoms with Gasteiger partial charge in [-0.05, 0) is 12.0 Å². The molecular weight excluding hydrogens is 278 g/mol. The number of rotatable bonds is 5. The molecule has 0 unspecified atom stereocenters. The molecule has 4 N–H and O–H groups in total. The molecular formula is C11H16F2N2O3S. The van der Waals surface area contributed by atoms with Crippen LogP contribution < -0.4 is 10.5 Å². The lowest BCUT2D eigenvalue weighted by atomic mass is 10.1. The van der Waals surface area contributed by atoms with E-state index in [-0.39, 0.29) is 5.92 Å². The van der Waals surface area contributed by atoms with Crippen LogP contribution in [0.15, 0.2) is 17.0 Å². The highest BCUT2D eigenvalue weighted by Gasteiger charge is 2.25. The highest BCUT2D eigenvalue weighted by atomic mass is 32.2. The maximum absolute atomic E-state index is 13.5. The number of aliphatic hydroxyl groups excluding tert-OH is 1. The molecule has 0 aliphatic rings. The number of benzene rings is 1. The topological polar surface area (TPSA) is 92.4 Å². The average molecular weight is 294 g/mol. The largest absolute Gasteiger partial charge is 0.396 e. The molecule has 0 aliphatic heterocycles. The lowest BCUT2D eigenvalue weighted by Crippen LogP contribution is -2.41. The number of nitrogens with two attached hydrogens (primary N) is 1. The van der Waals surface area contributed by atoms with E-state index in [0.717, 1.165) is 0 Å². The van der Waals surface area contributed by atoms with Gasteiger partial charge >= 0.3 is 0 Å². The Morgan fingerprint density at radius 2 is 1.89 bits per heavy atom. The summed E-state index contributed by atoms with van der Waals surface area (Å²) in [5, 5.41) is 9.07. The van der Waals surface area contributed by atoms with Gasteiger partial charge in [-0.3, -0.25) is 0 Å². The SMILES string of the molecule is CC(C)[C@@H](CO)NS(=O)(=O)c1cc(N)c(F)cc1F. The Kier molecular flexibility index (Phi) is 4.83. The minimum absolute atomic E-state index is 0.194. The van der Waals surface area contributed by atoms with Gasteiger partial charge in [-0.1, -0.05) is 13.8 Å². The molecule has 0 aromatic heterocycles. The molecule has 1 aromatic carbocycles. The van der Waals surface area contributed by atoms with Crippen molar-refractivity contribution >= 4 is 15.7 Å². The monoisotopic (exact) mass is 294 g/mol. The third-order valence-electron chi connectivity index (χ3n) is 2.65. The van der Waals surface area contributed by atoms with E-state index in [1.54, 1.807) is 13.8 Å². The zero-order valence-corrected chi connectivity index (χ0v) is 11.3. The molecule has 19 heavy (non-hydrogen) atoms. The van der Waals surface area contributed by atoms with Crippen LogP contribution in [0.1, 0.15) is 13.8 Å². The van der Waals surface area contributed by atoms with Gasteiger partial charge in [-0.2, -0.15) is 0 Å². The first-order valence-electron chi connectivity index (χ1n) is 5.56. The van der Waals surface area contributed by atoms with E-state index in [9.17, 15) is 17.2 Å². The molecule has 0 saturated carbocycles. The molecule has 8 heteroatoms. The summed E-state index contributed by atoms with van der Waals surface area (Å²) in [6.45, 7) is 2.95. The Morgan fingerprint density at radius 1 is 1.32 bits per heavy atom. The molecule has 1 rings (SSSR count). The van der Waals surface area contributed by atoms with Crippen molar-refractivity contribution < 1.29 is 22.3 Å². The first-order valence-corrected chi connectivity index (χ1v) is 7.05. The van der Waals surface area contributed by atoms with E-state index in [1.807, 2.05) is 0 Å². The Hall–Kier alpha value is -1.25. The van der Waals surface area contributed by atoms with Crippen LogP contribution in [0.5, 0.6) is 0 Å². The van der Waals surface area contributed by atoms with Crippen molar-refractivity contribution in [3.8, 4) is 0 Å². The zero-order valence-electron chi connectivity index (χ0n) is 10.5. The van der Waals surface area contributed by atoms with Gasteiger partial charge in [0.2, 0.25) is 10.0 Å². The molecule has 0 spiro atoms. The molecule has 5 nitrogen and oxygen atoms in total. The second-order valence-corrected chi connectivity index (χ2v) is 6.14. The fourth-order valence-electron chi connectivity index (χ4n) is 1.40. The summed E-state index contributed by atoms with van der Waals surface area (Å²) in [5.74, 6) is -2.46. The number of nitrogen functional groups attached to an aromatic ring is 1. The molecule has 0 saturated heterocycles. The van der Waals surface area contributed by atoms with Crippen LogP contribution in [0, 0.1) is 17.6 Å². The summed E-state index contributed by atoms with van der Waals surface area (Å²) in [6, 6.07) is 0.352. The summed E-state index contributed by atoms with van der Waals surface area (Å²) < 4.78 is 52.5. The number of nitrogens with one attached hydrogen (secondary N) is 1. The summed E-state index contributed by atoms with van der Waals surface area (Å²) in [5.41, 5.74) is 4.76. The average Bonchev–Trinajstić information content (AvgIpc) is 2.30. The van der Waals surface area contributed by atoms with Gasteiger partial charge in [-0.15, -0.1) is 0 Å². The van der Waals surface area contributed by atoms with Crippen LogP contribution in [0.2, 0.25) is 0 Å². The Labute approximate surface area is 110 Å². The van der Waals surface area contributed by atoms with Crippen molar-refractivity contribution in [1.82, 2.24) is 4.72 Å². The Balaban J connectivity index is 3.17. The summed E-state index contributed by atoms with van der Waals surface area (Å²) in [7, 11) is -4.22. The standard InChI is InChI=1S/C11H16F2N2O3S/c1-6(2)10(5-16)15-19(17,18)11-4-9(14)7(12)3-8(11)13/h3-4,6,10,15-16H,5,14H2,1-2H3/t10-/m1/s1. The third-order valence-corrected chi connectivity index (χ3v) is 4.15. The van der Waals surface area contributed by atoms with E-state index in [4.69, 9.17) is 10.8 Å². The molecule has 0 fully saturated rings. The second-order valence-electron chi connectivity index (χ2n) is 4.46. The normalized spacial score (nSPS) is 13.8. The van der Waals surface area contributed by atoms with Crippen molar-refractivity contribution in [1.29, 1.82) is 0 Å². The van der Waals surface area contributed by atoms with Crippen molar-refractivity contribution in [2.75, 3.05) is 12.3 Å². The molecule has 108 valence electrons. The second kappa shape index (κ2) is 5.81. The molecule has 0 radical (unpaired) electrons. The smallest absolute Gasteiger partial charge is 0.243 e. The maximum Gasteiger partial charge on any atom is 0.243 e. The zero-order chi connectivity index (χ0) is 14.8.